The summed E-state index contributed by atoms with van der Waals surface area (Å²) in [6.45, 7) is 5.96. The van der Waals surface area contributed by atoms with Gasteiger partial charge >= 0.3 is 0 Å². The van der Waals surface area contributed by atoms with Crippen molar-refractivity contribution in [3.05, 3.63) is 41.5 Å². The highest BCUT2D eigenvalue weighted by molar-refractivity contribution is 7.85. The van der Waals surface area contributed by atoms with Crippen LogP contribution in [0.3, 0.4) is 0 Å². The molecule has 2 aromatic carbocycles. The summed E-state index contributed by atoms with van der Waals surface area (Å²) in [7, 11) is -4.16. The molecule has 2 rings (SSSR count). The SMILES string of the molecule is Cc1ccc2c(C(C)C)cc(S(=O)(=O)O)cc2c1. The largest absolute Gasteiger partial charge is 0.294 e. The van der Waals surface area contributed by atoms with E-state index < -0.39 is 10.1 Å². The van der Waals surface area contributed by atoms with E-state index in [0.717, 1.165) is 21.9 Å². The third kappa shape index (κ3) is 2.40. The van der Waals surface area contributed by atoms with Gasteiger partial charge in [-0.05, 0) is 41.3 Å². The van der Waals surface area contributed by atoms with E-state index in [1.54, 1.807) is 6.07 Å². The van der Waals surface area contributed by atoms with Crippen molar-refractivity contribution in [3.8, 4) is 0 Å². The third-order valence-electron chi connectivity index (χ3n) is 3.03. The Bertz CT molecular complexity index is 700. The van der Waals surface area contributed by atoms with Gasteiger partial charge in [-0.2, -0.15) is 8.42 Å². The smallest absolute Gasteiger partial charge is 0.282 e. The Hall–Kier alpha value is -1.39. The maximum absolute atomic E-state index is 11.3. The number of fused-ring (bicyclic) bond motifs is 1. The van der Waals surface area contributed by atoms with Crippen LogP contribution < -0.4 is 0 Å². The maximum Gasteiger partial charge on any atom is 0.294 e. The highest BCUT2D eigenvalue weighted by Crippen LogP contribution is 2.29. The number of hydrogen-bond acceptors (Lipinski definition) is 2. The zero-order chi connectivity index (χ0) is 13.5. The molecule has 0 unspecified atom stereocenters. The van der Waals surface area contributed by atoms with Crippen molar-refractivity contribution >= 4 is 20.9 Å². The Labute approximate surface area is 107 Å². The van der Waals surface area contributed by atoms with Crippen molar-refractivity contribution < 1.29 is 13.0 Å². The predicted molar refractivity (Wildman–Crippen MR) is 72.6 cm³/mol. The van der Waals surface area contributed by atoms with Gasteiger partial charge in [0.2, 0.25) is 0 Å². The summed E-state index contributed by atoms with van der Waals surface area (Å²) >= 11 is 0. The van der Waals surface area contributed by atoms with Gasteiger partial charge in [0.15, 0.2) is 0 Å². The molecule has 0 atom stereocenters. The fourth-order valence-electron chi connectivity index (χ4n) is 2.12. The predicted octanol–water partition coefficient (Wildman–Crippen LogP) is 3.52. The first-order valence-corrected chi connectivity index (χ1v) is 7.25. The molecule has 0 amide bonds. The maximum atomic E-state index is 11.3. The summed E-state index contributed by atoms with van der Waals surface area (Å²) in [6.07, 6.45) is 0. The van der Waals surface area contributed by atoms with E-state index in [-0.39, 0.29) is 10.8 Å². The van der Waals surface area contributed by atoms with E-state index in [0.29, 0.717) is 0 Å². The Morgan fingerprint density at radius 1 is 1.11 bits per heavy atom. The molecule has 0 radical (unpaired) electrons. The highest BCUT2D eigenvalue weighted by atomic mass is 32.2. The molecule has 2 aromatic rings. The van der Waals surface area contributed by atoms with Crippen molar-refractivity contribution in [1.29, 1.82) is 0 Å². The van der Waals surface area contributed by atoms with Crippen molar-refractivity contribution in [2.45, 2.75) is 31.6 Å². The zero-order valence-electron chi connectivity index (χ0n) is 10.6. The minimum absolute atomic E-state index is 0.0377. The second kappa shape index (κ2) is 4.37. The van der Waals surface area contributed by atoms with Crippen molar-refractivity contribution in [2.24, 2.45) is 0 Å². The van der Waals surface area contributed by atoms with E-state index in [1.807, 2.05) is 39.0 Å². The molecule has 4 heteroatoms. The molecular weight excluding hydrogens is 248 g/mol. The van der Waals surface area contributed by atoms with Crippen LogP contribution in [0, 0.1) is 6.92 Å². The lowest BCUT2D eigenvalue weighted by molar-refractivity contribution is 0.483. The average molecular weight is 264 g/mol. The van der Waals surface area contributed by atoms with Crippen LogP contribution in [0.5, 0.6) is 0 Å². The molecule has 0 aliphatic heterocycles. The normalized spacial score (nSPS) is 12.3. The lowest BCUT2D eigenvalue weighted by Crippen LogP contribution is -2.01. The third-order valence-corrected chi connectivity index (χ3v) is 3.86. The number of hydrogen-bond donors (Lipinski definition) is 1. The Kier molecular flexibility index (Phi) is 3.17. The second-order valence-electron chi connectivity index (χ2n) is 4.87. The van der Waals surface area contributed by atoms with Gasteiger partial charge in [-0.15, -0.1) is 0 Å². The molecule has 0 heterocycles. The van der Waals surface area contributed by atoms with Crippen LogP contribution >= 0.6 is 0 Å². The van der Waals surface area contributed by atoms with Crippen LogP contribution in [0.1, 0.15) is 30.9 Å². The Balaban J connectivity index is 2.88. The van der Waals surface area contributed by atoms with E-state index in [1.165, 1.54) is 6.07 Å². The first-order valence-electron chi connectivity index (χ1n) is 5.81. The van der Waals surface area contributed by atoms with Crippen LogP contribution in [-0.4, -0.2) is 13.0 Å². The molecule has 3 nitrogen and oxygen atoms in total. The van der Waals surface area contributed by atoms with Crippen LogP contribution in [0.4, 0.5) is 0 Å². The molecule has 0 bridgehead atoms. The standard InChI is InChI=1S/C14H16O3S/c1-9(2)14-8-12(18(15,16)17)7-11-6-10(3)4-5-13(11)14/h4-9H,1-3H3,(H,15,16,17). The number of rotatable bonds is 2. The molecular formula is C14H16O3S. The summed E-state index contributed by atoms with van der Waals surface area (Å²) in [5, 5.41) is 1.87. The van der Waals surface area contributed by atoms with E-state index >= 15 is 0 Å². The monoisotopic (exact) mass is 264 g/mol. The van der Waals surface area contributed by atoms with Crippen molar-refractivity contribution in [1.82, 2.24) is 0 Å². The first kappa shape index (κ1) is 13.1. The van der Waals surface area contributed by atoms with Gasteiger partial charge in [-0.3, -0.25) is 4.55 Å². The van der Waals surface area contributed by atoms with Gasteiger partial charge in [0.25, 0.3) is 10.1 Å². The molecule has 18 heavy (non-hydrogen) atoms. The van der Waals surface area contributed by atoms with Gasteiger partial charge in [0.1, 0.15) is 0 Å². The molecule has 0 aromatic heterocycles. The van der Waals surface area contributed by atoms with E-state index in [4.69, 9.17) is 0 Å². The lowest BCUT2D eigenvalue weighted by atomic mass is 9.95. The van der Waals surface area contributed by atoms with Crippen LogP contribution in [0.15, 0.2) is 35.2 Å². The Morgan fingerprint density at radius 3 is 2.33 bits per heavy atom. The minimum Gasteiger partial charge on any atom is -0.282 e. The molecule has 96 valence electrons. The molecule has 0 aliphatic carbocycles. The summed E-state index contributed by atoms with van der Waals surface area (Å²) in [5.41, 5.74) is 1.99. The van der Waals surface area contributed by atoms with Crippen LogP contribution in [-0.2, 0) is 10.1 Å². The van der Waals surface area contributed by atoms with Gasteiger partial charge in [0.05, 0.1) is 4.90 Å². The fourth-order valence-corrected chi connectivity index (χ4v) is 2.67. The van der Waals surface area contributed by atoms with Crippen LogP contribution in [0.2, 0.25) is 0 Å². The molecule has 1 N–H and O–H groups in total. The van der Waals surface area contributed by atoms with Gasteiger partial charge in [-0.25, -0.2) is 0 Å². The summed E-state index contributed by atoms with van der Waals surface area (Å²) in [5.74, 6) is 0.192. The van der Waals surface area contributed by atoms with E-state index in [9.17, 15) is 13.0 Å². The lowest BCUT2D eigenvalue weighted by Gasteiger charge is -2.12. The van der Waals surface area contributed by atoms with Crippen molar-refractivity contribution in [3.63, 3.8) is 0 Å². The number of aryl methyl sites for hydroxylation is 1. The first-order chi connectivity index (χ1) is 8.29. The minimum atomic E-state index is -4.16. The molecule has 0 aliphatic rings. The zero-order valence-corrected chi connectivity index (χ0v) is 11.5. The highest BCUT2D eigenvalue weighted by Gasteiger charge is 2.15. The van der Waals surface area contributed by atoms with E-state index in [2.05, 4.69) is 0 Å². The van der Waals surface area contributed by atoms with Crippen molar-refractivity contribution in [2.75, 3.05) is 0 Å². The molecule has 0 fully saturated rings. The molecule has 0 spiro atoms. The van der Waals surface area contributed by atoms with Crippen LogP contribution in [0.25, 0.3) is 10.8 Å². The summed E-state index contributed by atoms with van der Waals surface area (Å²) in [6, 6.07) is 8.99. The summed E-state index contributed by atoms with van der Waals surface area (Å²) < 4.78 is 31.8. The molecule has 0 saturated heterocycles. The topological polar surface area (TPSA) is 54.4 Å². The second-order valence-corrected chi connectivity index (χ2v) is 6.29. The summed E-state index contributed by atoms with van der Waals surface area (Å²) in [4.78, 5) is -0.0377. The quantitative estimate of drug-likeness (QED) is 0.844. The molecule has 0 saturated carbocycles. The Morgan fingerprint density at radius 2 is 1.78 bits per heavy atom. The van der Waals surface area contributed by atoms with Gasteiger partial charge in [0, 0.05) is 0 Å². The average Bonchev–Trinajstić information content (AvgIpc) is 2.25. The number of benzene rings is 2. The van der Waals surface area contributed by atoms with Gasteiger partial charge < -0.3 is 0 Å². The van der Waals surface area contributed by atoms with Gasteiger partial charge in [-0.1, -0.05) is 37.6 Å². The fraction of sp³-hybridized carbons (Fsp3) is 0.286.